The van der Waals surface area contributed by atoms with Crippen molar-refractivity contribution in [2.24, 2.45) is 7.05 Å². The highest BCUT2D eigenvalue weighted by atomic mass is 127. The van der Waals surface area contributed by atoms with E-state index in [1.54, 1.807) is 27.7 Å². The van der Waals surface area contributed by atoms with Gasteiger partial charge in [0.25, 0.3) is 5.91 Å². The molecule has 0 unspecified atom stereocenters. The van der Waals surface area contributed by atoms with Crippen molar-refractivity contribution < 1.29 is 23.5 Å². The number of likely N-dealkylation sites (N-methyl/N-ethyl adjacent to an activating group) is 2. The summed E-state index contributed by atoms with van der Waals surface area (Å²) in [4.78, 5) is 42.7. The van der Waals surface area contributed by atoms with Crippen molar-refractivity contribution in [3.8, 4) is 0 Å². The fraction of sp³-hybridized carbons (Fsp3) is 0.484. The number of benzene rings is 2. The predicted molar refractivity (Wildman–Crippen MR) is 175 cm³/mol. The van der Waals surface area contributed by atoms with Crippen LogP contribution < -0.4 is 10.2 Å². The normalized spacial score (nSPS) is 13.1. The number of ether oxygens (including phenoxy) is 1. The summed E-state index contributed by atoms with van der Waals surface area (Å²) < 4.78 is 21.9. The van der Waals surface area contributed by atoms with Gasteiger partial charge in [0.05, 0.1) is 18.6 Å². The van der Waals surface area contributed by atoms with Crippen molar-refractivity contribution >= 4 is 57.1 Å². The van der Waals surface area contributed by atoms with Gasteiger partial charge in [0.1, 0.15) is 15.1 Å². The lowest BCUT2D eigenvalue weighted by Crippen LogP contribution is -2.48. The highest BCUT2D eigenvalue weighted by Gasteiger charge is 2.28. The zero-order valence-corrected chi connectivity index (χ0v) is 28.6. The number of fused-ring (bicyclic) bond motifs is 2. The first-order valence-electron chi connectivity index (χ1n) is 14.6. The SMILES string of the molecule is CCN(CCNC(=O)CN(CC(=O)N(C)N1Cc2ccc(F)cc2C1)c1cc2c(cc1C)c(I)nn2C)C(=O)OC(C)(C)C. The van der Waals surface area contributed by atoms with E-state index in [1.807, 2.05) is 58.8 Å². The van der Waals surface area contributed by atoms with Crippen molar-refractivity contribution in [1.82, 2.24) is 30.0 Å². The molecule has 0 bridgehead atoms. The van der Waals surface area contributed by atoms with Crippen LogP contribution in [-0.4, -0.2) is 88.0 Å². The maximum atomic E-state index is 13.8. The average molecular weight is 722 g/mol. The molecule has 1 aliphatic heterocycles. The summed E-state index contributed by atoms with van der Waals surface area (Å²) in [7, 11) is 3.55. The Bertz CT molecular complexity index is 1550. The molecule has 0 atom stereocenters. The minimum absolute atomic E-state index is 0.0641. The number of nitrogens with zero attached hydrogens (tertiary/aromatic N) is 6. The van der Waals surface area contributed by atoms with Crippen molar-refractivity contribution in [2.45, 2.75) is 53.3 Å². The van der Waals surface area contributed by atoms with Gasteiger partial charge < -0.3 is 19.9 Å². The van der Waals surface area contributed by atoms with Crippen molar-refractivity contribution in [1.29, 1.82) is 0 Å². The van der Waals surface area contributed by atoms with Gasteiger partial charge in [-0.3, -0.25) is 19.3 Å². The molecular weight excluding hydrogens is 680 g/mol. The Kier molecular flexibility index (Phi) is 10.4. The van der Waals surface area contributed by atoms with Gasteiger partial charge in [-0.1, -0.05) is 6.07 Å². The summed E-state index contributed by atoms with van der Waals surface area (Å²) in [5, 5.41) is 11.8. The van der Waals surface area contributed by atoms with Gasteiger partial charge in [-0.25, -0.2) is 14.2 Å². The van der Waals surface area contributed by atoms with E-state index in [4.69, 9.17) is 4.74 Å². The molecule has 238 valence electrons. The number of halogens is 2. The largest absolute Gasteiger partial charge is 0.444 e. The first kappa shape index (κ1) is 33.4. The summed E-state index contributed by atoms with van der Waals surface area (Å²) in [6, 6.07) is 8.65. The van der Waals surface area contributed by atoms with Gasteiger partial charge in [-0.15, -0.1) is 0 Å². The summed E-state index contributed by atoms with van der Waals surface area (Å²) >= 11 is 2.20. The van der Waals surface area contributed by atoms with E-state index in [0.29, 0.717) is 19.6 Å². The molecule has 1 aromatic heterocycles. The second-order valence-electron chi connectivity index (χ2n) is 12.0. The molecule has 13 heteroatoms. The topological polar surface area (TPSA) is 103 Å². The van der Waals surface area contributed by atoms with Crippen LogP contribution in [0.15, 0.2) is 30.3 Å². The van der Waals surface area contributed by atoms with E-state index in [0.717, 1.165) is 37.0 Å². The standard InChI is InChI=1S/C31H41FIN7O4/c1-8-38(30(43)44-31(3,4)5)12-11-34-27(41)18-39(25-15-26-24(13-20(25)2)29(33)35-36(26)6)19-28(42)37(7)40-16-21-9-10-23(32)14-22(21)17-40/h9-10,13-15H,8,11-12,16-19H2,1-7H3,(H,34,41). The van der Waals surface area contributed by atoms with E-state index in [2.05, 4.69) is 33.0 Å². The van der Waals surface area contributed by atoms with Crippen molar-refractivity contribution in [3.63, 3.8) is 0 Å². The molecule has 0 aliphatic carbocycles. The lowest BCUT2D eigenvalue weighted by Gasteiger charge is -2.32. The van der Waals surface area contributed by atoms with E-state index in [-0.39, 0.29) is 43.8 Å². The molecule has 0 fully saturated rings. The number of hydrogen-bond acceptors (Lipinski definition) is 7. The summed E-state index contributed by atoms with van der Waals surface area (Å²) in [5.74, 6) is -0.809. The van der Waals surface area contributed by atoms with Gasteiger partial charge in [-0.2, -0.15) is 5.10 Å². The van der Waals surface area contributed by atoms with E-state index >= 15 is 0 Å². The van der Waals surface area contributed by atoms with Gasteiger partial charge in [0.2, 0.25) is 5.91 Å². The summed E-state index contributed by atoms with van der Waals surface area (Å²) in [5.41, 5.74) is 3.73. The fourth-order valence-electron chi connectivity index (χ4n) is 5.17. The first-order chi connectivity index (χ1) is 20.7. The first-order valence-corrected chi connectivity index (χ1v) is 15.7. The lowest BCUT2D eigenvalue weighted by atomic mass is 10.1. The second kappa shape index (κ2) is 13.7. The Balaban J connectivity index is 1.49. The third-order valence-corrected chi connectivity index (χ3v) is 8.32. The highest BCUT2D eigenvalue weighted by molar-refractivity contribution is 14.1. The molecule has 3 aromatic rings. The molecule has 0 spiro atoms. The number of aryl methyl sites for hydroxylation is 2. The third kappa shape index (κ3) is 7.97. The lowest BCUT2D eigenvalue weighted by molar-refractivity contribution is -0.145. The molecule has 0 radical (unpaired) electrons. The van der Waals surface area contributed by atoms with Crippen LogP contribution in [0.3, 0.4) is 0 Å². The van der Waals surface area contributed by atoms with Crippen LogP contribution in [0.25, 0.3) is 10.9 Å². The summed E-state index contributed by atoms with van der Waals surface area (Å²) in [6.07, 6.45) is -0.439. The van der Waals surface area contributed by atoms with Crippen LogP contribution in [0.2, 0.25) is 0 Å². The van der Waals surface area contributed by atoms with Gasteiger partial charge in [0, 0.05) is 57.9 Å². The van der Waals surface area contributed by atoms with Crippen LogP contribution in [-0.2, 0) is 34.5 Å². The van der Waals surface area contributed by atoms with E-state index in [1.165, 1.54) is 17.0 Å². The van der Waals surface area contributed by atoms with Gasteiger partial charge >= 0.3 is 6.09 Å². The maximum Gasteiger partial charge on any atom is 0.410 e. The summed E-state index contributed by atoms with van der Waals surface area (Å²) in [6.45, 7) is 10.9. The predicted octanol–water partition coefficient (Wildman–Crippen LogP) is 4.19. The van der Waals surface area contributed by atoms with Crippen LogP contribution in [0.4, 0.5) is 14.9 Å². The van der Waals surface area contributed by atoms with Crippen LogP contribution in [0.5, 0.6) is 0 Å². The molecule has 11 nitrogen and oxygen atoms in total. The number of amides is 3. The monoisotopic (exact) mass is 721 g/mol. The maximum absolute atomic E-state index is 13.8. The molecule has 2 heterocycles. The number of aromatic nitrogens is 2. The Hall–Kier alpha value is -3.46. The third-order valence-electron chi connectivity index (χ3n) is 7.52. The van der Waals surface area contributed by atoms with Gasteiger partial charge in [-0.05, 0) is 98.2 Å². The van der Waals surface area contributed by atoms with Crippen molar-refractivity contribution in [3.05, 3.63) is 56.5 Å². The second-order valence-corrected chi connectivity index (χ2v) is 13.0. The van der Waals surface area contributed by atoms with Crippen LogP contribution >= 0.6 is 22.6 Å². The Morgan fingerprint density at radius 3 is 2.50 bits per heavy atom. The number of anilines is 1. The Labute approximate surface area is 271 Å². The molecule has 4 rings (SSSR count). The zero-order chi connectivity index (χ0) is 32.3. The van der Waals surface area contributed by atoms with Crippen LogP contribution in [0.1, 0.15) is 44.4 Å². The zero-order valence-electron chi connectivity index (χ0n) is 26.4. The Morgan fingerprint density at radius 1 is 1.11 bits per heavy atom. The average Bonchev–Trinajstić information content (AvgIpc) is 3.47. The minimum Gasteiger partial charge on any atom is -0.444 e. The van der Waals surface area contributed by atoms with E-state index in [9.17, 15) is 18.8 Å². The number of rotatable bonds is 10. The molecule has 2 aromatic carbocycles. The number of nitrogens with one attached hydrogen (secondary N) is 1. The molecule has 0 saturated heterocycles. The molecule has 1 N–H and O–H groups in total. The molecule has 44 heavy (non-hydrogen) atoms. The number of carbonyl (C=O) groups is 3. The number of hydrogen-bond donors (Lipinski definition) is 1. The quantitative estimate of drug-likeness (QED) is 0.314. The van der Waals surface area contributed by atoms with Crippen molar-refractivity contribution in [2.75, 3.05) is 44.7 Å². The number of hydrazine groups is 1. The fourth-order valence-corrected chi connectivity index (χ4v) is 5.93. The number of carbonyl (C=O) groups excluding carboxylic acids is 3. The van der Waals surface area contributed by atoms with Gasteiger partial charge in [0.15, 0.2) is 0 Å². The molecular formula is C31H41FIN7O4. The molecule has 1 aliphatic rings. The molecule has 0 saturated carbocycles. The smallest absolute Gasteiger partial charge is 0.410 e. The Morgan fingerprint density at radius 2 is 1.82 bits per heavy atom. The van der Waals surface area contributed by atoms with Crippen LogP contribution in [0, 0.1) is 16.4 Å². The highest BCUT2D eigenvalue weighted by Crippen LogP contribution is 2.30. The minimum atomic E-state index is -0.618. The van der Waals surface area contributed by atoms with E-state index < -0.39 is 11.7 Å². The molecule has 3 amide bonds.